The van der Waals surface area contributed by atoms with Gasteiger partial charge in [-0.3, -0.25) is 30.9 Å². The van der Waals surface area contributed by atoms with Crippen molar-refractivity contribution in [3.63, 3.8) is 0 Å². The summed E-state index contributed by atoms with van der Waals surface area (Å²) in [5, 5.41) is 0.522. The smallest absolute Gasteiger partial charge is 0.270 e. The Morgan fingerprint density at radius 2 is 2.20 bits per heavy atom. The lowest BCUT2D eigenvalue weighted by atomic mass is 10.0. The number of benzene rings is 1. The number of nitrogen functional groups attached to an aromatic ring is 1. The molecule has 0 saturated heterocycles. The molecule has 0 bridgehead atoms. The summed E-state index contributed by atoms with van der Waals surface area (Å²) < 4.78 is 5.22. The summed E-state index contributed by atoms with van der Waals surface area (Å²) in [6, 6.07) is 3.27. The molecule has 1 aliphatic rings. The standard InChI is InChI=1S/C12H11N5O3/c1-20-7-3-2-5-8-9(16-17-12(5)19)6(11(18)15-13)4-14-10(7)8/h2-4,16H,13H2,1H3,(H,15,18)(H,17,19). The summed E-state index contributed by atoms with van der Waals surface area (Å²) in [5.74, 6) is 4.84. The number of hydrazine groups is 2. The summed E-state index contributed by atoms with van der Waals surface area (Å²) in [6.07, 6.45) is 1.37. The van der Waals surface area contributed by atoms with E-state index in [1.54, 1.807) is 12.1 Å². The number of anilines is 1. The number of aromatic nitrogens is 1. The number of hydrogen-bond acceptors (Lipinski definition) is 6. The summed E-state index contributed by atoms with van der Waals surface area (Å²) in [5.41, 5.74) is 8.79. The van der Waals surface area contributed by atoms with Crippen molar-refractivity contribution < 1.29 is 14.3 Å². The molecule has 2 amide bonds. The zero-order valence-corrected chi connectivity index (χ0v) is 10.5. The number of rotatable bonds is 2. The van der Waals surface area contributed by atoms with Crippen LogP contribution >= 0.6 is 0 Å². The monoisotopic (exact) mass is 273 g/mol. The van der Waals surface area contributed by atoms with Crippen molar-refractivity contribution in [3.05, 3.63) is 29.5 Å². The first-order chi connectivity index (χ1) is 9.67. The lowest BCUT2D eigenvalue weighted by Gasteiger charge is -2.22. The fraction of sp³-hybridized carbons (Fsp3) is 0.0833. The molecule has 0 aliphatic carbocycles. The van der Waals surface area contributed by atoms with Crippen LogP contribution in [0.25, 0.3) is 10.9 Å². The van der Waals surface area contributed by atoms with Crippen molar-refractivity contribution in [2.45, 2.75) is 0 Å². The average Bonchev–Trinajstić information content (AvgIpc) is 2.49. The van der Waals surface area contributed by atoms with Crippen molar-refractivity contribution in [2.75, 3.05) is 12.5 Å². The van der Waals surface area contributed by atoms with Crippen LogP contribution in [0, 0.1) is 0 Å². The Kier molecular flexibility index (Phi) is 2.65. The number of nitrogens with one attached hydrogen (secondary N) is 3. The van der Waals surface area contributed by atoms with Crippen molar-refractivity contribution in [1.82, 2.24) is 15.8 Å². The number of nitrogens with two attached hydrogens (primary N) is 1. The zero-order chi connectivity index (χ0) is 14.3. The molecule has 2 heterocycles. The molecule has 0 spiro atoms. The number of carbonyl (C=O) groups is 2. The molecule has 2 aromatic rings. The lowest BCUT2D eigenvalue weighted by Crippen LogP contribution is -2.36. The van der Waals surface area contributed by atoms with Crippen molar-refractivity contribution in [2.24, 2.45) is 5.84 Å². The van der Waals surface area contributed by atoms with Crippen molar-refractivity contribution in [3.8, 4) is 5.75 Å². The SMILES string of the molecule is COc1ccc2c3c(c(C(=O)NN)cnc13)NNC2=O. The summed E-state index contributed by atoms with van der Waals surface area (Å²) in [6.45, 7) is 0. The van der Waals surface area contributed by atoms with Gasteiger partial charge in [-0.2, -0.15) is 0 Å². The van der Waals surface area contributed by atoms with Crippen LogP contribution in [0.3, 0.4) is 0 Å². The highest BCUT2D eigenvalue weighted by Crippen LogP contribution is 2.35. The number of carbonyl (C=O) groups excluding carboxylic acids is 2. The zero-order valence-electron chi connectivity index (χ0n) is 10.5. The van der Waals surface area contributed by atoms with Crippen LogP contribution in [-0.4, -0.2) is 23.9 Å². The van der Waals surface area contributed by atoms with Crippen LogP contribution < -0.4 is 26.9 Å². The molecule has 0 saturated carbocycles. The van der Waals surface area contributed by atoms with E-state index >= 15 is 0 Å². The molecule has 0 fully saturated rings. The number of amides is 2. The molecule has 8 nitrogen and oxygen atoms in total. The fourth-order valence-electron chi connectivity index (χ4n) is 2.20. The Labute approximate surface area is 113 Å². The highest BCUT2D eigenvalue weighted by atomic mass is 16.5. The van der Waals surface area contributed by atoms with Gasteiger partial charge in [-0.15, -0.1) is 0 Å². The van der Waals surface area contributed by atoms with Gasteiger partial charge in [-0.1, -0.05) is 0 Å². The van der Waals surface area contributed by atoms with E-state index in [9.17, 15) is 9.59 Å². The van der Waals surface area contributed by atoms with Gasteiger partial charge in [-0.05, 0) is 12.1 Å². The summed E-state index contributed by atoms with van der Waals surface area (Å²) >= 11 is 0. The minimum atomic E-state index is -0.508. The van der Waals surface area contributed by atoms with Crippen molar-refractivity contribution >= 4 is 28.4 Å². The second-order valence-corrected chi connectivity index (χ2v) is 4.14. The molecule has 0 unspecified atom stereocenters. The molecule has 0 atom stereocenters. The van der Waals surface area contributed by atoms with E-state index < -0.39 is 5.91 Å². The van der Waals surface area contributed by atoms with Gasteiger partial charge in [0.05, 0.1) is 23.9 Å². The number of nitrogens with zero attached hydrogens (tertiary/aromatic N) is 1. The highest BCUT2D eigenvalue weighted by Gasteiger charge is 2.25. The highest BCUT2D eigenvalue weighted by molar-refractivity contribution is 6.18. The fourth-order valence-corrected chi connectivity index (χ4v) is 2.20. The summed E-state index contributed by atoms with van der Waals surface area (Å²) in [4.78, 5) is 27.8. The average molecular weight is 273 g/mol. The second-order valence-electron chi connectivity index (χ2n) is 4.14. The van der Waals surface area contributed by atoms with E-state index in [-0.39, 0.29) is 11.5 Å². The molecule has 8 heteroatoms. The minimum Gasteiger partial charge on any atom is -0.494 e. The largest absolute Gasteiger partial charge is 0.494 e. The second kappa shape index (κ2) is 4.35. The third-order valence-corrected chi connectivity index (χ3v) is 3.12. The molecular formula is C12H11N5O3. The molecule has 102 valence electrons. The van der Waals surface area contributed by atoms with E-state index in [4.69, 9.17) is 10.6 Å². The number of hydrogen-bond donors (Lipinski definition) is 4. The molecule has 5 N–H and O–H groups in total. The van der Waals surface area contributed by atoms with Crippen LogP contribution in [-0.2, 0) is 0 Å². The Hall–Kier alpha value is -2.87. The predicted molar refractivity (Wildman–Crippen MR) is 71.0 cm³/mol. The molecule has 0 radical (unpaired) electrons. The molecule has 1 aliphatic heterocycles. The van der Waals surface area contributed by atoms with Crippen molar-refractivity contribution in [1.29, 1.82) is 0 Å². The van der Waals surface area contributed by atoms with Crippen LogP contribution in [0.1, 0.15) is 20.7 Å². The van der Waals surface area contributed by atoms with Crippen LogP contribution in [0.2, 0.25) is 0 Å². The molecular weight excluding hydrogens is 262 g/mol. The van der Waals surface area contributed by atoms with Gasteiger partial charge in [0.25, 0.3) is 11.8 Å². The molecule has 1 aromatic carbocycles. The Morgan fingerprint density at radius 3 is 2.90 bits per heavy atom. The van der Waals surface area contributed by atoms with Gasteiger partial charge in [0.1, 0.15) is 11.3 Å². The van der Waals surface area contributed by atoms with Gasteiger partial charge in [0, 0.05) is 11.6 Å². The van der Waals surface area contributed by atoms with Gasteiger partial charge in [0.2, 0.25) is 0 Å². The Balaban J connectivity index is 2.41. The maximum absolute atomic E-state index is 11.9. The predicted octanol–water partition coefficient (Wildman–Crippen LogP) is -0.0828. The van der Waals surface area contributed by atoms with Gasteiger partial charge in [0.15, 0.2) is 0 Å². The molecule has 1 aromatic heterocycles. The number of pyridine rings is 1. The third-order valence-electron chi connectivity index (χ3n) is 3.12. The van der Waals surface area contributed by atoms with E-state index in [0.29, 0.717) is 27.9 Å². The van der Waals surface area contributed by atoms with Gasteiger partial charge < -0.3 is 4.74 Å². The van der Waals surface area contributed by atoms with E-state index in [1.807, 2.05) is 5.43 Å². The van der Waals surface area contributed by atoms with E-state index in [1.165, 1.54) is 13.3 Å². The number of methoxy groups -OCH3 is 1. The first kappa shape index (κ1) is 12.2. The Morgan fingerprint density at radius 1 is 1.40 bits per heavy atom. The minimum absolute atomic E-state index is 0.231. The van der Waals surface area contributed by atoms with Crippen LogP contribution in [0.5, 0.6) is 5.75 Å². The quantitative estimate of drug-likeness (QED) is 0.345. The van der Waals surface area contributed by atoms with Gasteiger partial charge >= 0.3 is 0 Å². The maximum atomic E-state index is 11.9. The lowest BCUT2D eigenvalue weighted by molar-refractivity contribution is 0.0943. The van der Waals surface area contributed by atoms with E-state index in [2.05, 4.69) is 15.8 Å². The third kappa shape index (κ3) is 1.55. The van der Waals surface area contributed by atoms with Crippen LogP contribution in [0.15, 0.2) is 18.3 Å². The normalized spacial score (nSPS) is 12.6. The maximum Gasteiger partial charge on any atom is 0.270 e. The first-order valence-corrected chi connectivity index (χ1v) is 5.74. The van der Waals surface area contributed by atoms with E-state index in [0.717, 1.165) is 0 Å². The number of ether oxygens (including phenoxy) is 1. The Bertz CT molecular complexity index is 743. The first-order valence-electron chi connectivity index (χ1n) is 5.74. The van der Waals surface area contributed by atoms with Gasteiger partial charge in [-0.25, -0.2) is 5.84 Å². The molecule has 20 heavy (non-hydrogen) atoms. The summed E-state index contributed by atoms with van der Waals surface area (Å²) in [7, 11) is 1.51. The molecule has 3 rings (SSSR count). The van der Waals surface area contributed by atoms with Crippen LogP contribution in [0.4, 0.5) is 5.69 Å². The topological polar surface area (TPSA) is 118 Å².